The third-order valence-corrected chi connectivity index (χ3v) is 3.46. The zero-order valence-corrected chi connectivity index (χ0v) is 13.5. The van der Waals surface area contributed by atoms with E-state index in [2.05, 4.69) is 23.6 Å². The topological polar surface area (TPSA) is 115 Å². The van der Waals surface area contributed by atoms with Gasteiger partial charge in [-0.1, -0.05) is 0 Å². The molecule has 0 aromatic carbocycles. The number of H-pyrrole nitrogens is 1. The van der Waals surface area contributed by atoms with E-state index in [9.17, 15) is 4.55 Å². The third-order valence-electron chi connectivity index (χ3n) is 2.73. The van der Waals surface area contributed by atoms with E-state index >= 15 is 0 Å². The van der Waals surface area contributed by atoms with Crippen LogP contribution in [0.25, 0.3) is 0 Å². The summed E-state index contributed by atoms with van der Waals surface area (Å²) in [6.07, 6.45) is 2.44. The van der Waals surface area contributed by atoms with E-state index in [1.165, 1.54) is 0 Å². The molecule has 8 nitrogen and oxygen atoms in total. The van der Waals surface area contributed by atoms with Crippen molar-refractivity contribution in [3.8, 4) is 5.88 Å². The van der Waals surface area contributed by atoms with Crippen molar-refractivity contribution in [3.05, 3.63) is 29.4 Å². The van der Waals surface area contributed by atoms with Gasteiger partial charge in [-0.25, -0.2) is 4.98 Å². The minimum Gasteiger partial charge on any atom is -0.548 e. The molecule has 1 atom stereocenters. The number of hydrogen-bond donors (Lipinski definition) is 2. The number of nitrogens with two attached hydrogens (primary N) is 1. The van der Waals surface area contributed by atoms with E-state index in [1.54, 1.807) is 6.20 Å². The molecule has 120 valence electrons. The molecule has 0 aliphatic heterocycles. The molecule has 2 aromatic rings. The lowest BCUT2D eigenvalue weighted by Crippen LogP contribution is -2.11. The Morgan fingerprint density at radius 3 is 3.00 bits per heavy atom. The van der Waals surface area contributed by atoms with Gasteiger partial charge in [0.2, 0.25) is 17.2 Å². The summed E-state index contributed by atoms with van der Waals surface area (Å²) in [6.45, 7) is 1.84. The van der Waals surface area contributed by atoms with Gasteiger partial charge in [-0.3, -0.25) is 4.99 Å². The maximum atomic E-state index is 11.1. The number of nitrogens with one attached hydrogen (secondary N) is 1. The van der Waals surface area contributed by atoms with Gasteiger partial charge in [0.05, 0.1) is 6.61 Å². The fourth-order valence-electron chi connectivity index (χ4n) is 1.83. The predicted molar refractivity (Wildman–Crippen MR) is 83.8 cm³/mol. The highest BCUT2D eigenvalue weighted by atomic mass is 32.2. The molecule has 9 heteroatoms. The molecule has 0 saturated carbocycles. The molecule has 1 unspecified atom stereocenters. The molecule has 22 heavy (non-hydrogen) atoms. The highest BCUT2D eigenvalue weighted by Crippen LogP contribution is 2.10. The first-order valence-electron chi connectivity index (χ1n) is 6.84. The maximum absolute atomic E-state index is 11.1. The zero-order chi connectivity index (χ0) is 15.9. The second-order valence-corrected chi connectivity index (χ2v) is 5.89. The van der Waals surface area contributed by atoms with E-state index in [1.807, 2.05) is 26.2 Å². The summed E-state index contributed by atoms with van der Waals surface area (Å²) < 4.78 is 22.9. The summed E-state index contributed by atoms with van der Waals surface area (Å²) in [5, 5.41) is 0. The number of aromatic amines is 1. The minimum absolute atomic E-state index is 0.178. The first-order chi connectivity index (χ1) is 10.5. The standard InChI is InChI=1S/C13H20N6O2S/c1-19(2)9-10-4-6-15-11(8-10)21-7-3-5-16-13-12(14)17-22(20)18-13/h4,6,8H,3,5,7,9H2,1-2H3,(H2,14,17)(H,16,18). The van der Waals surface area contributed by atoms with E-state index < -0.39 is 11.1 Å². The van der Waals surface area contributed by atoms with Gasteiger partial charge in [-0.15, -0.1) is 4.37 Å². The third kappa shape index (κ3) is 5.10. The lowest BCUT2D eigenvalue weighted by molar-refractivity contribution is 0.300. The van der Waals surface area contributed by atoms with Gasteiger partial charge in [0, 0.05) is 36.1 Å². The van der Waals surface area contributed by atoms with Crippen LogP contribution in [-0.2, 0) is 6.54 Å². The van der Waals surface area contributed by atoms with Crippen LogP contribution in [0.2, 0.25) is 0 Å². The Kier molecular flexibility index (Phi) is 5.87. The van der Waals surface area contributed by atoms with Crippen LogP contribution in [-0.4, -0.2) is 50.4 Å². The molecule has 3 N–H and O–H groups in total. The van der Waals surface area contributed by atoms with Crippen molar-refractivity contribution in [3.63, 3.8) is 0 Å². The number of hydrogen-bond acceptors (Lipinski definition) is 7. The number of nitrogen functional groups attached to an aromatic ring is 1. The van der Waals surface area contributed by atoms with E-state index in [-0.39, 0.29) is 5.82 Å². The fourth-order valence-corrected chi connectivity index (χ4v) is 2.47. The van der Waals surface area contributed by atoms with Crippen LogP contribution in [0.5, 0.6) is 5.88 Å². The number of nitrogens with zero attached hydrogens (tertiary/aromatic N) is 4. The van der Waals surface area contributed by atoms with E-state index in [4.69, 9.17) is 10.5 Å². The van der Waals surface area contributed by atoms with Gasteiger partial charge in [0.15, 0.2) is 11.1 Å². The van der Waals surface area contributed by atoms with Crippen molar-refractivity contribution in [2.45, 2.75) is 13.0 Å². The average Bonchev–Trinajstić information content (AvgIpc) is 2.76. The molecule has 0 fully saturated rings. The Bertz CT molecular complexity index is 667. The number of ether oxygens (including phenoxy) is 1. The minimum atomic E-state index is -1.49. The van der Waals surface area contributed by atoms with Crippen LogP contribution in [0.3, 0.4) is 0 Å². The van der Waals surface area contributed by atoms with Gasteiger partial charge in [0.1, 0.15) is 0 Å². The predicted octanol–water partition coefficient (Wildman–Crippen LogP) is 0.546. The highest BCUT2D eigenvalue weighted by molar-refractivity contribution is 7.13. The fraction of sp³-hybridized carbons (Fsp3) is 0.462. The second kappa shape index (κ2) is 7.87. The molecule has 0 saturated heterocycles. The molecule has 0 amide bonds. The Balaban J connectivity index is 1.79. The van der Waals surface area contributed by atoms with Crippen LogP contribution in [0.4, 0.5) is 5.82 Å². The van der Waals surface area contributed by atoms with Crippen LogP contribution in [0, 0.1) is 0 Å². The molecule has 2 heterocycles. The molecule has 0 radical (unpaired) electrons. The summed E-state index contributed by atoms with van der Waals surface area (Å²) in [7, 11) is 4.03. The monoisotopic (exact) mass is 324 g/mol. The first-order valence-corrected chi connectivity index (χ1v) is 7.95. The largest absolute Gasteiger partial charge is 0.548 e. The van der Waals surface area contributed by atoms with Crippen molar-refractivity contribution in [1.82, 2.24) is 18.6 Å². The van der Waals surface area contributed by atoms with Gasteiger partial charge in [-0.2, -0.15) is 0 Å². The molecular weight excluding hydrogens is 304 g/mol. The van der Waals surface area contributed by atoms with Gasteiger partial charge >= 0.3 is 0 Å². The normalized spacial score (nSPS) is 12.9. The van der Waals surface area contributed by atoms with Crippen molar-refractivity contribution in [1.29, 1.82) is 0 Å². The van der Waals surface area contributed by atoms with E-state index in [0.29, 0.717) is 30.9 Å². The summed E-state index contributed by atoms with van der Waals surface area (Å²) in [4.78, 5) is 10.5. The molecule has 2 aromatic heterocycles. The molecular formula is C13H20N6O2S. The summed E-state index contributed by atoms with van der Waals surface area (Å²) in [5.41, 5.74) is 7.08. The lowest BCUT2D eigenvalue weighted by Gasteiger charge is -2.10. The Hall–Kier alpha value is -1.97. The molecule has 0 bridgehead atoms. The van der Waals surface area contributed by atoms with E-state index in [0.717, 1.165) is 12.1 Å². The summed E-state index contributed by atoms with van der Waals surface area (Å²) in [6, 6.07) is 3.89. The van der Waals surface area contributed by atoms with Crippen molar-refractivity contribution in [2.24, 2.45) is 4.99 Å². The van der Waals surface area contributed by atoms with Gasteiger partial charge in [0.25, 0.3) is 0 Å². The summed E-state index contributed by atoms with van der Waals surface area (Å²) in [5.74, 6) is 0.783. The number of aromatic nitrogens is 3. The molecule has 0 spiro atoms. The Morgan fingerprint density at radius 1 is 1.50 bits per heavy atom. The zero-order valence-electron chi connectivity index (χ0n) is 12.7. The van der Waals surface area contributed by atoms with Crippen molar-refractivity contribution >= 4 is 17.0 Å². The number of pyridine rings is 1. The Morgan fingerprint density at radius 2 is 2.32 bits per heavy atom. The molecule has 2 rings (SSSR count). The smallest absolute Gasteiger partial charge is 0.229 e. The van der Waals surface area contributed by atoms with Crippen LogP contribution in [0.1, 0.15) is 12.0 Å². The number of rotatable bonds is 7. The van der Waals surface area contributed by atoms with Crippen molar-refractivity contribution in [2.75, 3.05) is 33.0 Å². The first kappa shape index (κ1) is 16.4. The van der Waals surface area contributed by atoms with Gasteiger partial charge < -0.3 is 19.9 Å². The number of anilines is 1. The van der Waals surface area contributed by atoms with Crippen LogP contribution < -0.4 is 16.0 Å². The van der Waals surface area contributed by atoms with Crippen molar-refractivity contribution < 1.29 is 9.29 Å². The van der Waals surface area contributed by atoms with Gasteiger partial charge in [-0.05, 0) is 25.7 Å². The van der Waals surface area contributed by atoms with Crippen LogP contribution >= 0.6 is 11.1 Å². The SMILES string of the molecule is CN(C)Cc1ccnc(OCCCN=c2[nH][s+]([O-])nc2N)c1. The Labute approximate surface area is 131 Å². The second-order valence-electron chi connectivity index (χ2n) is 5.00. The van der Waals surface area contributed by atoms with Crippen LogP contribution in [0.15, 0.2) is 23.3 Å². The summed E-state index contributed by atoms with van der Waals surface area (Å²) >= 11 is -1.49. The average molecular weight is 324 g/mol. The molecule has 0 aliphatic rings. The highest BCUT2D eigenvalue weighted by Gasteiger charge is 2.03. The quantitative estimate of drug-likeness (QED) is 0.567. The molecule has 0 aliphatic carbocycles. The maximum Gasteiger partial charge on any atom is 0.229 e. The lowest BCUT2D eigenvalue weighted by atomic mass is 10.2.